The van der Waals surface area contributed by atoms with Crippen LogP contribution in [0.5, 0.6) is 0 Å². The summed E-state index contributed by atoms with van der Waals surface area (Å²) >= 11 is 1.86. The molecule has 0 aliphatic carbocycles. The molecule has 100 valence electrons. The molecule has 1 aliphatic heterocycles. The van der Waals surface area contributed by atoms with Gasteiger partial charge in [-0.1, -0.05) is 34.1 Å². The van der Waals surface area contributed by atoms with Gasteiger partial charge in [0.1, 0.15) is 0 Å². The summed E-state index contributed by atoms with van der Waals surface area (Å²) in [6.07, 6.45) is 2.08. The standard InChI is InChI=1S/C14H27NOS/c1-8-9-10-11(16)15(14(5,6)7)12(17-10)13(2,3)4/h10,12H,8-9H2,1-7H3. The zero-order valence-corrected chi connectivity index (χ0v) is 13.1. The van der Waals surface area contributed by atoms with Gasteiger partial charge in [-0.2, -0.15) is 0 Å². The van der Waals surface area contributed by atoms with Gasteiger partial charge in [-0.05, 0) is 32.6 Å². The molecule has 2 atom stereocenters. The number of nitrogens with zero attached hydrogens (tertiary/aromatic N) is 1. The topological polar surface area (TPSA) is 20.3 Å². The van der Waals surface area contributed by atoms with Crippen molar-refractivity contribution in [3.8, 4) is 0 Å². The average Bonchev–Trinajstić information content (AvgIpc) is 2.43. The minimum atomic E-state index is -0.0788. The Bertz CT molecular complexity index is 288. The highest BCUT2D eigenvalue weighted by atomic mass is 32.2. The van der Waals surface area contributed by atoms with Crippen molar-refractivity contribution in [3.05, 3.63) is 0 Å². The lowest BCUT2D eigenvalue weighted by atomic mass is 9.92. The Kier molecular flexibility index (Phi) is 4.23. The fourth-order valence-corrected chi connectivity index (χ4v) is 4.14. The zero-order chi connectivity index (χ0) is 13.4. The summed E-state index contributed by atoms with van der Waals surface area (Å²) in [5.41, 5.74) is 0.0562. The maximum absolute atomic E-state index is 12.5. The predicted molar refractivity (Wildman–Crippen MR) is 76.1 cm³/mol. The summed E-state index contributed by atoms with van der Waals surface area (Å²) in [7, 11) is 0. The Labute approximate surface area is 111 Å². The second-order valence-electron chi connectivity index (χ2n) is 7.01. The van der Waals surface area contributed by atoms with Crippen LogP contribution < -0.4 is 0 Å². The van der Waals surface area contributed by atoms with Crippen molar-refractivity contribution >= 4 is 17.7 Å². The Morgan fingerprint density at radius 3 is 2.00 bits per heavy atom. The van der Waals surface area contributed by atoms with Crippen molar-refractivity contribution in [2.24, 2.45) is 5.41 Å². The molecule has 1 aliphatic rings. The molecule has 0 N–H and O–H groups in total. The van der Waals surface area contributed by atoms with Gasteiger partial charge in [0.05, 0.1) is 10.6 Å². The summed E-state index contributed by atoms with van der Waals surface area (Å²) < 4.78 is 0. The molecule has 0 bridgehead atoms. The van der Waals surface area contributed by atoms with Crippen molar-refractivity contribution in [1.82, 2.24) is 4.90 Å². The van der Waals surface area contributed by atoms with Gasteiger partial charge in [-0.15, -0.1) is 11.8 Å². The maximum atomic E-state index is 12.5. The van der Waals surface area contributed by atoms with E-state index in [1.165, 1.54) is 0 Å². The lowest BCUT2D eigenvalue weighted by Gasteiger charge is -2.42. The van der Waals surface area contributed by atoms with Crippen LogP contribution >= 0.6 is 11.8 Å². The summed E-state index contributed by atoms with van der Waals surface area (Å²) in [5, 5.41) is 0.468. The summed E-state index contributed by atoms with van der Waals surface area (Å²) in [6.45, 7) is 15.2. The average molecular weight is 257 g/mol. The number of thioether (sulfide) groups is 1. The monoisotopic (exact) mass is 257 g/mol. The quantitative estimate of drug-likeness (QED) is 0.748. The summed E-state index contributed by atoms with van der Waals surface area (Å²) in [6, 6.07) is 0. The molecule has 1 heterocycles. The van der Waals surface area contributed by atoms with Crippen LogP contribution in [0.15, 0.2) is 0 Å². The van der Waals surface area contributed by atoms with E-state index in [1.54, 1.807) is 0 Å². The largest absolute Gasteiger partial charge is 0.324 e. The van der Waals surface area contributed by atoms with Crippen molar-refractivity contribution < 1.29 is 4.79 Å². The van der Waals surface area contributed by atoms with Crippen LogP contribution in [0, 0.1) is 5.41 Å². The maximum Gasteiger partial charge on any atom is 0.237 e. The van der Waals surface area contributed by atoms with Crippen molar-refractivity contribution in [3.63, 3.8) is 0 Å². The van der Waals surface area contributed by atoms with Crippen LogP contribution in [0.3, 0.4) is 0 Å². The number of hydrogen-bond acceptors (Lipinski definition) is 2. The van der Waals surface area contributed by atoms with E-state index in [1.807, 2.05) is 11.8 Å². The first-order valence-electron chi connectivity index (χ1n) is 6.57. The van der Waals surface area contributed by atoms with Crippen LogP contribution in [0.2, 0.25) is 0 Å². The Morgan fingerprint density at radius 2 is 1.71 bits per heavy atom. The van der Waals surface area contributed by atoms with Crippen LogP contribution in [0.4, 0.5) is 0 Å². The van der Waals surface area contributed by atoms with Crippen molar-refractivity contribution in [2.75, 3.05) is 0 Å². The fourth-order valence-electron chi connectivity index (χ4n) is 2.27. The van der Waals surface area contributed by atoms with Crippen LogP contribution in [-0.2, 0) is 4.79 Å². The minimum Gasteiger partial charge on any atom is -0.324 e. The highest BCUT2D eigenvalue weighted by molar-refractivity contribution is 8.01. The molecule has 1 fully saturated rings. The Balaban J connectivity index is 3.01. The van der Waals surface area contributed by atoms with Crippen molar-refractivity contribution in [1.29, 1.82) is 0 Å². The lowest BCUT2D eigenvalue weighted by Crippen LogP contribution is -2.51. The molecule has 1 rings (SSSR count). The highest BCUT2D eigenvalue weighted by Gasteiger charge is 2.48. The molecule has 1 amide bonds. The molecule has 0 spiro atoms. The Morgan fingerprint density at radius 1 is 1.18 bits per heavy atom. The third kappa shape index (κ3) is 3.18. The van der Waals surface area contributed by atoms with E-state index in [0.29, 0.717) is 11.3 Å². The lowest BCUT2D eigenvalue weighted by molar-refractivity contribution is -0.136. The van der Waals surface area contributed by atoms with Gasteiger partial charge in [-0.25, -0.2) is 0 Å². The van der Waals surface area contributed by atoms with Gasteiger partial charge in [0.2, 0.25) is 5.91 Å². The van der Waals surface area contributed by atoms with E-state index in [0.717, 1.165) is 12.8 Å². The van der Waals surface area contributed by atoms with Gasteiger partial charge < -0.3 is 4.90 Å². The molecular formula is C14H27NOS. The molecular weight excluding hydrogens is 230 g/mol. The van der Waals surface area contributed by atoms with Crippen LogP contribution in [-0.4, -0.2) is 27.0 Å². The second-order valence-corrected chi connectivity index (χ2v) is 8.30. The van der Waals surface area contributed by atoms with Gasteiger partial charge in [0.15, 0.2) is 0 Å². The van der Waals surface area contributed by atoms with E-state index in [9.17, 15) is 4.79 Å². The molecule has 3 heteroatoms. The third-order valence-corrected chi connectivity index (χ3v) is 5.00. The fraction of sp³-hybridized carbons (Fsp3) is 0.929. The molecule has 0 aromatic heterocycles. The number of amides is 1. The normalized spacial score (nSPS) is 26.8. The van der Waals surface area contributed by atoms with E-state index in [-0.39, 0.29) is 16.2 Å². The molecule has 17 heavy (non-hydrogen) atoms. The number of hydrogen-bond donors (Lipinski definition) is 0. The van der Waals surface area contributed by atoms with Crippen LogP contribution in [0.25, 0.3) is 0 Å². The number of carbonyl (C=O) groups excluding carboxylic acids is 1. The number of carbonyl (C=O) groups is 1. The molecule has 2 unspecified atom stereocenters. The molecule has 0 saturated carbocycles. The first kappa shape index (κ1) is 14.9. The highest BCUT2D eigenvalue weighted by Crippen LogP contribution is 2.46. The van der Waals surface area contributed by atoms with E-state index >= 15 is 0 Å². The van der Waals surface area contributed by atoms with E-state index < -0.39 is 0 Å². The van der Waals surface area contributed by atoms with E-state index in [4.69, 9.17) is 0 Å². The van der Waals surface area contributed by atoms with Gasteiger partial charge in [0.25, 0.3) is 0 Å². The molecule has 0 aromatic rings. The summed E-state index contributed by atoms with van der Waals surface area (Å²) in [5.74, 6) is 0.337. The number of rotatable bonds is 2. The Hall–Kier alpha value is -0.180. The van der Waals surface area contributed by atoms with E-state index in [2.05, 4.69) is 53.4 Å². The molecule has 2 nitrogen and oxygen atoms in total. The molecule has 1 saturated heterocycles. The zero-order valence-electron chi connectivity index (χ0n) is 12.3. The predicted octanol–water partition coefficient (Wildman–Crippen LogP) is 3.90. The smallest absolute Gasteiger partial charge is 0.237 e. The molecule has 0 radical (unpaired) electrons. The van der Waals surface area contributed by atoms with Crippen molar-refractivity contribution in [2.45, 2.75) is 77.5 Å². The van der Waals surface area contributed by atoms with Crippen LogP contribution in [0.1, 0.15) is 61.3 Å². The first-order chi connectivity index (χ1) is 7.59. The van der Waals surface area contributed by atoms with Gasteiger partial charge in [-0.3, -0.25) is 4.79 Å². The SMILES string of the molecule is CCCC1SC(C(C)(C)C)N(C(C)(C)C)C1=O. The van der Waals surface area contributed by atoms with Gasteiger partial charge in [0, 0.05) is 5.54 Å². The first-order valence-corrected chi connectivity index (χ1v) is 7.52. The summed E-state index contributed by atoms with van der Waals surface area (Å²) in [4.78, 5) is 14.6. The van der Waals surface area contributed by atoms with Gasteiger partial charge >= 0.3 is 0 Å². The minimum absolute atomic E-state index is 0.0788. The molecule has 0 aromatic carbocycles. The third-order valence-electron chi connectivity index (χ3n) is 3.05. The second kappa shape index (κ2) is 4.83.